The number of piperazine rings is 1. The van der Waals surface area contributed by atoms with Crippen LogP contribution in [0.25, 0.3) is 0 Å². The van der Waals surface area contributed by atoms with E-state index in [1.807, 2.05) is 0 Å². The molecule has 0 N–H and O–H groups in total. The second-order valence-electron chi connectivity index (χ2n) is 6.01. The molecule has 0 saturated carbocycles. The van der Waals surface area contributed by atoms with Crippen molar-refractivity contribution in [2.75, 3.05) is 31.1 Å². The van der Waals surface area contributed by atoms with Crippen LogP contribution in [0.5, 0.6) is 0 Å². The lowest BCUT2D eigenvalue weighted by atomic mass is 10.1. The Morgan fingerprint density at radius 2 is 1.56 bits per heavy atom. The van der Waals surface area contributed by atoms with Gasteiger partial charge in [-0.15, -0.1) is 0 Å². The summed E-state index contributed by atoms with van der Waals surface area (Å²) in [7, 11) is -4.24. The van der Waals surface area contributed by atoms with Gasteiger partial charge >= 0.3 is 6.18 Å². The van der Waals surface area contributed by atoms with Crippen LogP contribution in [-0.4, -0.2) is 38.9 Å². The average molecular weight is 406 g/mol. The molecule has 1 saturated heterocycles. The summed E-state index contributed by atoms with van der Waals surface area (Å²) < 4.78 is 91.7. The number of hydrogen-bond donors (Lipinski definition) is 0. The number of anilines is 1. The summed E-state index contributed by atoms with van der Waals surface area (Å²) in [6.45, 7) is 0.123. The Morgan fingerprint density at radius 3 is 2.19 bits per heavy atom. The van der Waals surface area contributed by atoms with Gasteiger partial charge in [0.05, 0.1) is 5.56 Å². The van der Waals surface area contributed by atoms with Crippen molar-refractivity contribution in [1.29, 1.82) is 0 Å². The van der Waals surface area contributed by atoms with Crippen LogP contribution >= 0.6 is 0 Å². The van der Waals surface area contributed by atoms with Crippen LogP contribution in [0.15, 0.2) is 47.4 Å². The monoisotopic (exact) mass is 406 g/mol. The fraction of sp³-hybridized carbons (Fsp3) is 0.294. The predicted octanol–water partition coefficient (Wildman–Crippen LogP) is 3.49. The molecule has 0 aromatic heterocycles. The Kier molecular flexibility index (Phi) is 5.13. The van der Waals surface area contributed by atoms with E-state index in [2.05, 4.69) is 0 Å². The van der Waals surface area contributed by atoms with Gasteiger partial charge in [-0.25, -0.2) is 17.2 Å². The highest BCUT2D eigenvalue weighted by Crippen LogP contribution is 2.32. The second kappa shape index (κ2) is 7.08. The minimum atomic E-state index is -4.48. The lowest BCUT2D eigenvalue weighted by molar-refractivity contribution is -0.137. The van der Waals surface area contributed by atoms with Crippen LogP contribution < -0.4 is 4.90 Å². The zero-order valence-electron chi connectivity index (χ0n) is 13.9. The minimum Gasteiger partial charge on any atom is -0.369 e. The molecule has 3 rings (SSSR count). The van der Waals surface area contributed by atoms with Crippen LogP contribution in [0.2, 0.25) is 0 Å². The first-order chi connectivity index (χ1) is 12.6. The minimum absolute atomic E-state index is 0.0610. The molecule has 2 aromatic rings. The zero-order valence-corrected chi connectivity index (χ0v) is 14.7. The molecular formula is C17H15F5N2O2S. The normalized spacial score (nSPS) is 16.6. The van der Waals surface area contributed by atoms with E-state index >= 15 is 0 Å². The van der Waals surface area contributed by atoms with Crippen molar-refractivity contribution in [2.45, 2.75) is 11.1 Å². The van der Waals surface area contributed by atoms with Gasteiger partial charge in [-0.05, 0) is 36.4 Å². The molecule has 0 aliphatic carbocycles. The molecule has 10 heteroatoms. The second-order valence-corrected chi connectivity index (χ2v) is 7.92. The van der Waals surface area contributed by atoms with E-state index in [4.69, 9.17) is 0 Å². The molecule has 0 spiro atoms. The van der Waals surface area contributed by atoms with Gasteiger partial charge in [0.25, 0.3) is 0 Å². The third kappa shape index (κ3) is 4.06. The number of alkyl halides is 3. The Morgan fingerprint density at radius 1 is 0.889 bits per heavy atom. The largest absolute Gasteiger partial charge is 0.416 e. The molecule has 0 bridgehead atoms. The summed E-state index contributed by atoms with van der Waals surface area (Å²) in [5, 5.41) is 0. The van der Waals surface area contributed by atoms with Crippen molar-refractivity contribution in [2.24, 2.45) is 0 Å². The molecular weight excluding hydrogens is 391 g/mol. The molecule has 0 radical (unpaired) electrons. The molecule has 0 amide bonds. The predicted molar refractivity (Wildman–Crippen MR) is 88.8 cm³/mol. The Labute approximate surface area is 152 Å². The average Bonchev–Trinajstić information content (AvgIpc) is 2.63. The van der Waals surface area contributed by atoms with Gasteiger partial charge in [-0.3, -0.25) is 0 Å². The van der Waals surface area contributed by atoms with E-state index in [0.29, 0.717) is 11.8 Å². The highest BCUT2D eigenvalue weighted by molar-refractivity contribution is 7.89. The van der Waals surface area contributed by atoms with Crippen LogP contribution in [0.1, 0.15) is 5.56 Å². The number of hydrogen-bond acceptors (Lipinski definition) is 3. The van der Waals surface area contributed by atoms with Crippen molar-refractivity contribution in [3.8, 4) is 0 Å². The molecule has 146 valence electrons. The number of halogens is 5. The maximum absolute atomic E-state index is 13.8. The Hall–Kier alpha value is -2.20. The van der Waals surface area contributed by atoms with Crippen LogP contribution in [-0.2, 0) is 16.2 Å². The van der Waals surface area contributed by atoms with Crippen LogP contribution in [0.4, 0.5) is 27.6 Å². The summed E-state index contributed by atoms with van der Waals surface area (Å²) in [5.41, 5.74) is -0.476. The topological polar surface area (TPSA) is 40.6 Å². The Bertz CT molecular complexity index is 939. The highest BCUT2D eigenvalue weighted by atomic mass is 32.2. The first-order valence-corrected chi connectivity index (χ1v) is 9.40. The van der Waals surface area contributed by atoms with E-state index in [0.717, 1.165) is 28.6 Å². The van der Waals surface area contributed by atoms with E-state index in [-0.39, 0.29) is 26.2 Å². The number of sulfonamides is 1. The van der Waals surface area contributed by atoms with Gasteiger partial charge in [0.2, 0.25) is 10.0 Å². The maximum atomic E-state index is 13.8. The summed E-state index contributed by atoms with van der Waals surface area (Å²) >= 11 is 0. The highest BCUT2D eigenvalue weighted by Gasteiger charge is 2.33. The van der Waals surface area contributed by atoms with Crippen molar-refractivity contribution in [1.82, 2.24) is 4.31 Å². The van der Waals surface area contributed by atoms with Gasteiger partial charge < -0.3 is 4.90 Å². The SMILES string of the molecule is O=S(=O)(c1cc(F)ccc1F)N1CCN(c2cccc(C(F)(F)F)c2)CC1. The quantitative estimate of drug-likeness (QED) is 0.733. The zero-order chi connectivity index (χ0) is 19.8. The standard InChI is InChI=1S/C17H15F5N2O2S/c18-13-4-5-15(19)16(11-13)27(25,26)24-8-6-23(7-9-24)14-3-1-2-12(10-14)17(20,21)22/h1-5,10-11H,6-9H2. The molecule has 1 aliphatic heterocycles. The number of benzene rings is 2. The summed E-state index contributed by atoms with van der Waals surface area (Å²) in [6.07, 6.45) is -4.48. The summed E-state index contributed by atoms with van der Waals surface area (Å²) in [6, 6.07) is 6.91. The molecule has 1 aliphatic rings. The molecule has 4 nitrogen and oxygen atoms in total. The molecule has 2 aromatic carbocycles. The first kappa shape index (κ1) is 19.6. The number of rotatable bonds is 3. The fourth-order valence-electron chi connectivity index (χ4n) is 2.88. The van der Waals surface area contributed by atoms with E-state index < -0.39 is 38.3 Å². The van der Waals surface area contributed by atoms with E-state index in [1.165, 1.54) is 12.1 Å². The van der Waals surface area contributed by atoms with Gasteiger partial charge in [-0.2, -0.15) is 17.5 Å². The van der Waals surface area contributed by atoms with Crippen LogP contribution in [0, 0.1) is 11.6 Å². The van der Waals surface area contributed by atoms with E-state index in [9.17, 15) is 30.4 Å². The first-order valence-electron chi connectivity index (χ1n) is 7.96. The molecule has 27 heavy (non-hydrogen) atoms. The fourth-order valence-corrected chi connectivity index (χ4v) is 4.38. The number of nitrogens with zero attached hydrogens (tertiary/aromatic N) is 2. The third-order valence-corrected chi connectivity index (χ3v) is 6.20. The van der Waals surface area contributed by atoms with E-state index in [1.54, 1.807) is 4.90 Å². The van der Waals surface area contributed by atoms with Crippen molar-refractivity contribution in [3.05, 3.63) is 59.7 Å². The van der Waals surface area contributed by atoms with Crippen molar-refractivity contribution < 1.29 is 30.4 Å². The molecule has 1 heterocycles. The molecule has 1 fully saturated rings. The third-order valence-electron chi connectivity index (χ3n) is 4.29. The maximum Gasteiger partial charge on any atom is 0.416 e. The van der Waals surface area contributed by atoms with Crippen molar-refractivity contribution >= 4 is 15.7 Å². The summed E-state index contributed by atoms with van der Waals surface area (Å²) in [5.74, 6) is -1.94. The van der Waals surface area contributed by atoms with Gasteiger partial charge in [0.1, 0.15) is 16.5 Å². The van der Waals surface area contributed by atoms with Gasteiger partial charge in [-0.1, -0.05) is 6.07 Å². The van der Waals surface area contributed by atoms with Crippen LogP contribution in [0.3, 0.4) is 0 Å². The van der Waals surface area contributed by atoms with Gasteiger partial charge in [0.15, 0.2) is 0 Å². The Balaban J connectivity index is 1.77. The summed E-state index contributed by atoms with van der Waals surface area (Å²) in [4.78, 5) is 0.860. The lowest BCUT2D eigenvalue weighted by Gasteiger charge is -2.35. The van der Waals surface area contributed by atoms with Gasteiger partial charge in [0, 0.05) is 31.9 Å². The van der Waals surface area contributed by atoms with Crippen molar-refractivity contribution in [3.63, 3.8) is 0 Å². The molecule has 0 atom stereocenters. The molecule has 0 unspecified atom stereocenters. The lowest BCUT2D eigenvalue weighted by Crippen LogP contribution is -2.48. The smallest absolute Gasteiger partial charge is 0.369 e.